The maximum atomic E-state index is 6.08. The van der Waals surface area contributed by atoms with E-state index in [0.29, 0.717) is 11.6 Å². The summed E-state index contributed by atoms with van der Waals surface area (Å²) in [5.41, 5.74) is 0.967. The van der Waals surface area contributed by atoms with Gasteiger partial charge in [0.05, 0.1) is 30.0 Å². The Morgan fingerprint density at radius 3 is 3.27 bits per heavy atom. The highest BCUT2D eigenvalue weighted by molar-refractivity contribution is 6.32. The minimum atomic E-state index is 0.186. The molecule has 2 aliphatic rings. The number of fused-ring (bicyclic) bond motifs is 2. The lowest BCUT2D eigenvalue weighted by molar-refractivity contribution is 0.00995. The van der Waals surface area contributed by atoms with Crippen LogP contribution in [0, 0.1) is 0 Å². The van der Waals surface area contributed by atoms with Crippen molar-refractivity contribution < 1.29 is 9.47 Å². The minimum Gasteiger partial charge on any atom is -0.484 e. The van der Waals surface area contributed by atoms with Gasteiger partial charge < -0.3 is 14.8 Å². The van der Waals surface area contributed by atoms with Gasteiger partial charge in [0.2, 0.25) is 0 Å². The average molecular weight is 226 g/mol. The summed E-state index contributed by atoms with van der Waals surface area (Å²) in [6.07, 6.45) is 1.11. The summed E-state index contributed by atoms with van der Waals surface area (Å²) >= 11 is 6.08. The Kier molecular flexibility index (Phi) is 2.22. The van der Waals surface area contributed by atoms with Gasteiger partial charge in [0, 0.05) is 6.42 Å². The molecule has 0 aliphatic carbocycles. The second-order valence-corrected chi connectivity index (χ2v) is 4.29. The first-order chi connectivity index (χ1) is 7.34. The van der Waals surface area contributed by atoms with Crippen LogP contribution in [0.25, 0.3) is 0 Å². The number of rotatable bonds is 0. The highest BCUT2D eigenvalue weighted by Gasteiger charge is 2.33. The van der Waals surface area contributed by atoms with Gasteiger partial charge >= 0.3 is 0 Å². The zero-order valence-electron chi connectivity index (χ0n) is 8.20. The third-order valence-electron chi connectivity index (χ3n) is 2.87. The van der Waals surface area contributed by atoms with Crippen molar-refractivity contribution in [1.29, 1.82) is 0 Å². The molecular weight excluding hydrogens is 214 g/mol. The van der Waals surface area contributed by atoms with Crippen LogP contribution in [-0.2, 0) is 4.74 Å². The summed E-state index contributed by atoms with van der Waals surface area (Å²) in [6, 6.07) is 6.00. The number of para-hydroxylation sites is 1. The van der Waals surface area contributed by atoms with Crippen molar-refractivity contribution >= 4 is 17.3 Å². The largest absolute Gasteiger partial charge is 0.484 e. The van der Waals surface area contributed by atoms with Gasteiger partial charge in [0.1, 0.15) is 6.10 Å². The van der Waals surface area contributed by atoms with Crippen molar-refractivity contribution in [3.63, 3.8) is 0 Å². The van der Waals surface area contributed by atoms with Gasteiger partial charge in [-0.25, -0.2) is 0 Å². The molecule has 80 valence electrons. The molecule has 0 aromatic heterocycles. The van der Waals surface area contributed by atoms with Gasteiger partial charge in [-0.3, -0.25) is 0 Å². The van der Waals surface area contributed by atoms with Crippen LogP contribution in [0.3, 0.4) is 0 Å². The van der Waals surface area contributed by atoms with Crippen LogP contribution in [0.4, 0.5) is 5.69 Å². The number of ether oxygens (including phenoxy) is 2. The monoisotopic (exact) mass is 225 g/mol. The van der Waals surface area contributed by atoms with E-state index in [2.05, 4.69) is 5.32 Å². The number of hydrogen-bond acceptors (Lipinski definition) is 3. The molecule has 15 heavy (non-hydrogen) atoms. The van der Waals surface area contributed by atoms with E-state index >= 15 is 0 Å². The number of anilines is 1. The number of halogens is 1. The Balaban J connectivity index is 1.95. The van der Waals surface area contributed by atoms with Crippen LogP contribution in [0.2, 0.25) is 5.02 Å². The molecular formula is C11H12ClNO2. The molecule has 0 bridgehead atoms. The molecule has 1 aromatic rings. The van der Waals surface area contributed by atoms with Crippen molar-refractivity contribution in [2.75, 3.05) is 18.5 Å². The summed E-state index contributed by atoms with van der Waals surface area (Å²) in [7, 11) is 0. The number of benzene rings is 1. The van der Waals surface area contributed by atoms with Crippen molar-refractivity contribution in [2.45, 2.75) is 18.6 Å². The third-order valence-corrected chi connectivity index (χ3v) is 3.17. The van der Waals surface area contributed by atoms with E-state index in [1.807, 2.05) is 18.2 Å². The molecule has 2 aliphatic heterocycles. The summed E-state index contributed by atoms with van der Waals surface area (Å²) in [5, 5.41) is 4.08. The predicted octanol–water partition coefficient (Wildman–Crippen LogP) is 2.30. The molecule has 2 heterocycles. The second-order valence-electron chi connectivity index (χ2n) is 3.89. The maximum absolute atomic E-state index is 6.08. The van der Waals surface area contributed by atoms with Crippen molar-refractivity contribution in [3.8, 4) is 5.75 Å². The Morgan fingerprint density at radius 1 is 1.40 bits per heavy atom. The van der Waals surface area contributed by atoms with Crippen LogP contribution < -0.4 is 10.1 Å². The molecule has 0 saturated carbocycles. The molecule has 1 aromatic carbocycles. The lowest BCUT2D eigenvalue weighted by atomic mass is 10.0. The van der Waals surface area contributed by atoms with E-state index in [1.165, 1.54) is 0 Å². The topological polar surface area (TPSA) is 30.5 Å². The lowest BCUT2D eigenvalue weighted by Crippen LogP contribution is -2.48. The summed E-state index contributed by atoms with van der Waals surface area (Å²) < 4.78 is 11.3. The Labute approximate surface area is 93.3 Å². The molecule has 0 spiro atoms. The summed E-state index contributed by atoms with van der Waals surface area (Å²) in [5.74, 6) is 0.780. The quantitative estimate of drug-likeness (QED) is 0.735. The standard InChI is InChI=1S/C11H12ClNO2/c12-7-2-1-3-8-11(7)15-10-4-5-14-6-9(10)13-8/h1-3,9-10,13H,4-6H2. The van der Waals surface area contributed by atoms with Gasteiger partial charge in [0.15, 0.2) is 5.75 Å². The van der Waals surface area contributed by atoms with Gasteiger partial charge in [-0.15, -0.1) is 0 Å². The van der Waals surface area contributed by atoms with Crippen LogP contribution >= 0.6 is 11.6 Å². The van der Waals surface area contributed by atoms with Crippen LogP contribution in [0.5, 0.6) is 5.75 Å². The molecule has 3 rings (SSSR count). The molecule has 1 N–H and O–H groups in total. The van der Waals surface area contributed by atoms with Crippen molar-refractivity contribution in [2.24, 2.45) is 0 Å². The normalized spacial score (nSPS) is 28.3. The van der Waals surface area contributed by atoms with Gasteiger partial charge in [0.25, 0.3) is 0 Å². The van der Waals surface area contributed by atoms with E-state index in [4.69, 9.17) is 21.1 Å². The van der Waals surface area contributed by atoms with E-state index < -0.39 is 0 Å². The van der Waals surface area contributed by atoms with Crippen molar-refractivity contribution in [3.05, 3.63) is 23.2 Å². The minimum absolute atomic E-state index is 0.186. The number of nitrogens with one attached hydrogen (secondary N) is 1. The van der Waals surface area contributed by atoms with Crippen LogP contribution in [0.1, 0.15) is 6.42 Å². The molecule has 1 fully saturated rings. The first kappa shape index (κ1) is 9.31. The fourth-order valence-corrected chi connectivity index (χ4v) is 2.31. The van der Waals surface area contributed by atoms with Gasteiger partial charge in [-0.2, -0.15) is 0 Å². The zero-order chi connectivity index (χ0) is 10.3. The first-order valence-corrected chi connectivity index (χ1v) is 5.52. The van der Waals surface area contributed by atoms with E-state index in [9.17, 15) is 0 Å². The Hall–Kier alpha value is -0.930. The maximum Gasteiger partial charge on any atom is 0.161 e. The SMILES string of the molecule is Clc1cccc2c1OC1CCOCC1N2. The molecule has 1 saturated heterocycles. The molecule has 4 heteroatoms. The van der Waals surface area contributed by atoms with Crippen molar-refractivity contribution in [1.82, 2.24) is 0 Å². The zero-order valence-corrected chi connectivity index (χ0v) is 8.96. The average Bonchev–Trinajstić information content (AvgIpc) is 2.27. The fraction of sp³-hybridized carbons (Fsp3) is 0.455. The smallest absolute Gasteiger partial charge is 0.161 e. The van der Waals surface area contributed by atoms with Gasteiger partial charge in [-0.1, -0.05) is 17.7 Å². The fourth-order valence-electron chi connectivity index (χ4n) is 2.09. The molecule has 3 nitrogen and oxygen atoms in total. The van der Waals surface area contributed by atoms with E-state index in [-0.39, 0.29) is 12.1 Å². The van der Waals surface area contributed by atoms with E-state index in [0.717, 1.165) is 24.5 Å². The highest BCUT2D eigenvalue weighted by atomic mass is 35.5. The lowest BCUT2D eigenvalue weighted by Gasteiger charge is -2.38. The summed E-state index contributed by atoms with van der Waals surface area (Å²) in [6.45, 7) is 1.47. The molecule has 0 radical (unpaired) electrons. The molecule has 2 atom stereocenters. The van der Waals surface area contributed by atoms with E-state index in [1.54, 1.807) is 0 Å². The van der Waals surface area contributed by atoms with Gasteiger partial charge in [-0.05, 0) is 12.1 Å². The molecule has 2 unspecified atom stereocenters. The Bertz CT molecular complexity index is 383. The van der Waals surface area contributed by atoms with Crippen LogP contribution in [-0.4, -0.2) is 25.4 Å². The summed E-state index contributed by atoms with van der Waals surface area (Å²) in [4.78, 5) is 0. The second kappa shape index (κ2) is 3.58. The molecule has 0 amide bonds. The third kappa shape index (κ3) is 1.56. The van der Waals surface area contributed by atoms with Crippen LogP contribution in [0.15, 0.2) is 18.2 Å². The first-order valence-electron chi connectivity index (χ1n) is 5.14. The number of hydrogen-bond donors (Lipinski definition) is 1. The predicted molar refractivity (Wildman–Crippen MR) is 58.7 cm³/mol. The Morgan fingerprint density at radius 2 is 2.33 bits per heavy atom. The highest BCUT2D eigenvalue weighted by Crippen LogP contribution is 2.38.